The molecule has 0 saturated carbocycles. The SMILES string of the molecule is CCCCCCN(C)c1c(N(C)CC)c(=S)c1=S. The van der Waals surface area contributed by atoms with Crippen molar-refractivity contribution in [1.29, 1.82) is 0 Å². The van der Waals surface area contributed by atoms with Crippen LogP contribution < -0.4 is 9.80 Å². The van der Waals surface area contributed by atoms with Crippen molar-refractivity contribution in [3.8, 4) is 0 Å². The highest BCUT2D eigenvalue weighted by atomic mass is 32.1. The van der Waals surface area contributed by atoms with Crippen molar-refractivity contribution < 1.29 is 0 Å². The van der Waals surface area contributed by atoms with Crippen molar-refractivity contribution in [2.24, 2.45) is 0 Å². The van der Waals surface area contributed by atoms with Crippen LogP contribution in [0.3, 0.4) is 0 Å². The molecule has 0 N–H and O–H groups in total. The molecule has 1 rings (SSSR count). The van der Waals surface area contributed by atoms with Gasteiger partial charge >= 0.3 is 0 Å². The van der Waals surface area contributed by atoms with Gasteiger partial charge in [-0.25, -0.2) is 0 Å². The number of unbranched alkanes of at least 4 members (excludes halogenated alkanes) is 3. The van der Waals surface area contributed by atoms with Crippen LogP contribution in [0.25, 0.3) is 0 Å². The van der Waals surface area contributed by atoms with Gasteiger partial charge in [-0.2, -0.15) is 0 Å². The van der Waals surface area contributed by atoms with Crippen LogP contribution in [0.1, 0.15) is 39.5 Å². The Morgan fingerprint density at radius 1 is 0.833 bits per heavy atom. The zero-order valence-corrected chi connectivity index (χ0v) is 13.6. The molecule has 0 unspecified atom stereocenters. The summed E-state index contributed by atoms with van der Waals surface area (Å²) in [7, 11) is 4.20. The van der Waals surface area contributed by atoms with E-state index >= 15 is 0 Å². The van der Waals surface area contributed by atoms with Crippen LogP contribution in [0.5, 0.6) is 0 Å². The Kier molecular flexibility index (Phi) is 6.22. The van der Waals surface area contributed by atoms with Crippen molar-refractivity contribution in [2.75, 3.05) is 37.0 Å². The predicted octanol–water partition coefficient (Wildman–Crippen LogP) is 4.49. The lowest BCUT2D eigenvalue weighted by Crippen LogP contribution is -2.26. The van der Waals surface area contributed by atoms with Gasteiger partial charge in [-0.3, -0.25) is 0 Å². The zero-order valence-electron chi connectivity index (χ0n) is 12.0. The van der Waals surface area contributed by atoms with E-state index < -0.39 is 0 Å². The van der Waals surface area contributed by atoms with Gasteiger partial charge in [-0.05, 0) is 13.3 Å². The summed E-state index contributed by atoms with van der Waals surface area (Å²) in [5, 5.41) is 0. The molecule has 102 valence electrons. The quantitative estimate of drug-likeness (QED) is 0.512. The molecule has 0 spiro atoms. The monoisotopic (exact) mass is 284 g/mol. The van der Waals surface area contributed by atoms with Crippen LogP contribution in [0.2, 0.25) is 0 Å². The summed E-state index contributed by atoms with van der Waals surface area (Å²) in [4.78, 5) is 4.46. The average Bonchev–Trinajstić information content (AvgIpc) is 2.38. The molecule has 2 nitrogen and oxygen atoms in total. The van der Waals surface area contributed by atoms with E-state index in [1.54, 1.807) is 0 Å². The first-order valence-corrected chi connectivity index (χ1v) is 7.61. The molecule has 0 radical (unpaired) electrons. The van der Waals surface area contributed by atoms with E-state index in [4.69, 9.17) is 24.4 Å². The van der Waals surface area contributed by atoms with E-state index in [-0.39, 0.29) is 0 Å². The normalized spacial score (nSPS) is 10.9. The summed E-state index contributed by atoms with van der Waals surface area (Å²) >= 11 is 10.7. The van der Waals surface area contributed by atoms with E-state index in [2.05, 4.69) is 37.7 Å². The molecule has 0 aliphatic carbocycles. The number of anilines is 2. The maximum absolute atomic E-state index is 5.38. The minimum Gasteiger partial charge on any atom is -0.372 e. The van der Waals surface area contributed by atoms with Gasteiger partial charge in [0.1, 0.15) is 0 Å². The molecule has 4 heteroatoms. The molecule has 0 fully saturated rings. The Bertz CT molecular complexity index is 447. The third-order valence-corrected chi connectivity index (χ3v) is 4.37. The fourth-order valence-corrected chi connectivity index (χ4v) is 2.82. The van der Waals surface area contributed by atoms with Gasteiger partial charge in [-0.1, -0.05) is 50.6 Å². The summed E-state index contributed by atoms with van der Waals surface area (Å²) in [5.41, 5.74) is 2.34. The Hall–Kier alpha value is -0.480. The Balaban J connectivity index is 2.68. The summed E-state index contributed by atoms with van der Waals surface area (Å²) in [5.74, 6) is 0. The second kappa shape index (κ2) is 7.19. The minimum absolute atomic E-state index is 0.866. The lowest BCUT2D eigenvalue weighted by atomic mass is 10.1. The maximum Gasteiger partial charge on any atom is 0.0834 e. The minimum atomic E-state index is 0.866. The Morgan fingerprint density at radius 2 is 1.39 bits per heavy atom. The number of rotatable bonds is 8. The van der Waals surface area contributed by atoms with Gasteiger partial charge in [0.2, 0.25) is 0 Å². The van der Waals surface area contributed by atoms with Crippen molar-refractivity contribution in [3.63, 3.8) is 0 Å². The maximum atomic E-state index is 5.38. The summed E-state index contributed by atoms with van der Waals surface area (Å²) in [6.45, 7) is 6.40. The highest BCUT2D eigenvalue weighted by molar-refractivity contribution is 7.74. The van der Waals surface area contributed by atoms with Gasteiger partial charge < -0.3 is 9.80 Å². The van der Waals surface area contributed by atoms with Gasteiger partial charge in [0.05, 0.1) is 20.4 Å². The highest BCUT2D eigenvalue weighted by Crippen LogP contribution is 2.37. The molecule has 1 aromatic carbocycles. The highest BCUT2D eigenvalue weighted by Gasteiger charge is 2.20. The van der Waals surface area contributed by atoms with Crippen LogP contribution in [0, 0.1) is 9.02 Å². The third kappa shape index (κ3) is 3.29. The zero-order chi connectivity index (χ0) is 13.7. The lowest BCUT2D eigenvalue weighted by Gasteiger charge is -2.30. The van der Waals surface area contributed by atoms with Gasteiger partial charge in [0.15, 0.2) is 0 Å². The smallest absolute Gasteiger partial charge is 0.0834 e. The molecular formula is C14H24N2S2. The van der Waals surface area contributed by atoms with E-state index in [1.807, 2.05) is 0 Å². The molecule has 0 aliphatic heterocycles. The standard InChI is InChI=1S/C14H24N2S2/c1-5-7-8-9-10-16(4)12-11(15(3)6-2)13(17)14(12)18/h5-10H2,1-4H3. The van der Waals surface area contributed by atoms with E-state index in [0.717, 1.165) is 27.8 Å². The molecule has 0 saturated heterocycles. The second-order valence-corrected chi connectivity index (χ2v) is 5.67. The van der Waals surface area contributed by atoms with E-state index in [9.17, 15) is 0 Å². The summed E-state index contributed by atoms with van der Waals surface area (Å²) in [6, 6.07) is 0. The first-order chi connectivity index (χ1) is 8.54. The average molecular weight is 284 g/mol. The topological polar surface area (TPSA) is 6.48 Å². The first kappa shape index (κ1) is 15.6. The summed E-state index contributed by atoms with van der Waals surface area (Å²) < 4.78 is 1.74. The molecule has 0 aliphatic rings. The summed E-state index contributed by atoms with van der Waals surface area (Å²) in [6.07, 6.45) is 5.12. The Labute approximate surface area is 121 Å². The van der Waals surface area contributed by atoms with Crippen molar-refractivity contribution in [2.45, 2.75) is 39.5 Å². The fourth-order valence-electron chi connectivity index (χ4n) is 2.12. The van der Waals surface area contributed by atoms with Crippen molar-refractivity contribution >= 4 is 35.8 Å². The number of hydrogen-bond acceptors (Lipinski definition) is 4. The Morgan fingerprint density at radius 3 is 1.89 bits per heavy atom. The van der Waals surface area contributed by atoms with E-state index in [0.29, 0.717) is 0 Å². The van der Waals surface area contributed by atoms with Crippen LogP contribution in [0.15, 0.2) is 0 Å². The predicted molar refractivity (Wildman–Crippen MR) is 86.8 cm³/mol. The molecule has 1 aromatic rings. The number of nitrogens with zero attached hydrogens (tertiary/aromatic N) is 2. The van der Waals surface area contributed by atoms with Crippen LogP contribution in [-0.4, -0.2) is 27.2 Å². The van der Waals surface area contributed by atoms with Crippen molar-refractivity contribution in [1.82, 2.24) is 0 Å². The molecule has 0 amide bonds. The molecule has 0 heterocycles. The van der Waals surface area contributed by atoms with E-state index in [1.165, 1.54) is 31.4 Å². The van der Waals surface area contributed by atoms with Crippen LogP contribution in [0.4, 0.5) is 11.4 Å². The molecule has 0 bridgehead atoms. The molecule has 18 heavy (non-hydrogen) atoms. The van der Waals surface area contributed by atoms with Gasteiger partial charge in [0, 0.05) is 27.2 Å². The second-order valence-electron chi connectivity index (χ2n) is 4.85. The molecule has 0 atom stereocenters. The fraction of sp³-hybridized carbons (Fsp3) is 0.714. The number of hydrogen-bond donors (Lipinski definition) is 0. The van der Waals surface area contributed by atoms with Crippen molar-refractivity contribution in [3.05, 3.63) is 9.02 Å². The van der Waals surface area contributed by atoms with Gasteiger partial charge in [0.25, 0.3) is 0 Å². The first-order valence-electron chi connectivity index (χ1n) is 6.80. The van der Waals surface area contributed by atoms with Crippen LogP contribution in [-0.2, 0) is 0 Å². The molecule has 0 aromatic heterocycles. The van der Waals surface area contributed by atoms with Gasteiger partial charge in [-0.15, -0.1) is 0 Å². The third-order valence-electron chi connectivity index (χ3n) is 3.45. The van der Waals surface area contributed by atoms with Crippen LogP contribution >= 0.6 is 24.4 Å². The molecular weight excluding hydrogens is 260 g/mol. The lowest BCUT2D eigenvalue weighted by molar-refractivity contribution is 0.660. The largest absolute Gasteiger partial charge is 0.372 e.